The summed E-state index contributed by atoms with van der Waals surface area (Å²) in [5.74, 6) is 1.24. The van der Waals surface area contributed by atoms with Gasteiger partial charge in [0.15, 0.2) is 0 Å². The predicted molar refractivity (Wildman–Crippen MR) is 102 cm³/mol. The zero-order valence-corrected chi connectivity index (χ0v) is 16.0. The maximum atomic E-state index is 12.1. The van der Waals surface area contributed by atoms with Crippen molar-refractivity contribution in [3.63, 3.8) is 0 Å². The van der Waals surface area contributed by atoms with Gasteiger partial charge in [-0.15, -0.1) is 0 Å². The number of unbranched alkanes of at least 4 members (excludes halogenated alkanes) is 3. The van der Waals surface area contributed by atoms with Crippen LogP contribution < -0.4 is 4.74 Å². The molecule has 2 rings (SSSR count). The maximum absolute atomic E-state index is 12.1. The summed E-state index contributed by atoms with van der Waals surface area (Å²) < 4.78 is 11.6. The molecule has 0 amide bonds. The fourth-order valence-corrected chi connectivity index (χ4v) is 3.51. The van der Waals surface area contributed by atoms with Crippen LogP contribution in [-0.2, 0) is 9.53 Å². The minimum absolute atomic E-state index is 0.0233. The second kappa shape index (κ2) is 11.2. The Hall–Kier alpha value is -1.51. The third-order valence-corrected chi connectivity index (χ3v) is 5.04. The van der Waals surface area contributed by atoms with E-state index in [1.54, 1.807) is 0 Å². The van der Waals surface area contributed by atoms with E-state index in [9.17, 15) is 4.79 Å². The number of carbonyl (C=O) groups is 1. The first-order valence-corrected chi connectivity index (χ1v) is 10.2. The van der Waals surface area contributed by atoms with E-state index >= 15 is 0 Å². The van der Waals surface area contributed by atoms with Crippen molar-refractivity contribution in [2.45, 2.75) is 90.1 Å². The molecule has 0 N–H and O–H groups in total. The summed E-state index contributed by atoms with van der Waals surface area (Å²) in [7, 11) is 0. The van der Waals surface area contributed by atoms with Crippen LogP contribution in [0.1, 0.15) is 89.5 Å². The van der Waals surface area contributed by atoms with Gasteiger partial charge in [-0.1, -0.05) is 51.7 Å². The lowest BCUT2D eigenvalue weighted by molar-refractivity contribution is -0.151. The first-order chi connectivity index (χ1) is 12.2. The molecule has 25 heavy (non-hydrogen) atoms. The molecule has 1 aromatic carbocycles. The quantitative estimate of drug-likeness (QED) is 0.384. The van der Waals surface area contributed by atoms with Gasteiger partial charge in [0.2, 0.25) is 0 Å². The van der Waals surface area contributed by atoms with Crippen LogP contribution in [0.3, 0.4) is 0 Å². The molecule has 3 heteroatoms. The van der Waals surface area contributed by atoms with Gasteiger partial charge in [0, 0.05) is 12.3 Å². The molecule has 0 aromatic heterocycles. The number of benzene rings is 1. The van der Waals surface area contributed by atoms with E-state index in [-0.39, 0.29) is 12.1 Å². The zero-order valence-electron chi connectivity index (χ0n) is 16.0. The van der Waals surface area contributed by atoms with Crippen LogP contribution >= 0.6 is 0 Å². The van der Waals surface area contributed by atoms with Gasteiger partial charge >= 0.3 is 5.97 Å². The van der Waals surface area contributed by atoms with E-state index in [0.29, 0.717) is 12.3 Å². The maximum Gasteiger partial charge on any atom is 0.306 e. The van der Waals surface area contributed by atoms with Crippen LogP contribution in [0, 0.1) is 0 Å². The van der Waals surface area contributed by atoms with E-state index in [1.807, 2.05) is 0 Å². The molecule has 0 saturated heterocycles. The van der Waals surface area contributed by atoms with Crippen molar-refractivity contribution in [3.8, 4) is 5.75 Å². The molecule has 0 radical (unpaired) electrons. The van der Waals surface area contributed by atoms with Crippen molar-refractivity contribution in [1.82, 2.24) is 0 Å². The van der Waals surface area contributed by atoms with Gasteiger partial charge in [0.1, 0.15) is 11.9 Å². The van der Waals surface area contributed by atoms with Gasteiger partial charge in [0.05, 0.1) is 6.61 Å². The molecule has 1 aliphatic carbocycles. The fraction of sp³-hybridized carbons (Fsp3) is 0.682. The molecular formula is C22H34O3. The predicted octanol–water partition coefficient (Wildman–Crippen LogP) is 6.02. The lowest BCUT2D eigenvalue weighted by Crippen LogP contribution is -2.28. The van der Waals surface area contributed by atoms with Crippen molar-refractivity contribution in [2.75, 3.05) is 6.61 Å². The Balaban J connectivity index is 1.91. The molecular weight excluding hydrogens is 312 g/mol. The summed E-state index contributed by atoms with van der Waals surface area (Å²) in [6.07, 6.45) is 10.4. The second-order valence-electron chi connectivity index (χ2n) is 7.15. The summed E-state index contributed by atoms with van der Waals surface area (Å²) >= 11 is 0. The number of hydrogen-bond acceptors (Lipinski definition) is 3. The molecule has 0 heterocycles. The van der Waals surface area contributed by atoms with Gasteiger partial charge in [-0.3, -0.25) is 4.79 Å². The van der Waals surface area contributed by atoms with Gasteiger partial charge in [-0.2, -0.15) is 0 Å². The van der Waals surface area contributed by atoms with Crippen molar-refractivity contribution in [2.24, 2.45) is 0 Å². The molecule has 0 aliphatic heterocycles. The van der Waals surface area contributed by atoms with Crippen molar-refractivity contribution in [3.05, 3.63) is 29.8 Å². The Bertz CT molecular complexity index is 494. The highest BCUT2D eigenvalue weighted by Gasteiger charge is 2.29. The van der Waals surface area contributed by atoms with Crippen molar-refractivity contribution in [1.29, 1.82) is 0 Å². The SMILES string of the molecule is CCCCCC(=O)O[C@@H]1CCCC[C@H]1c1ccc(OCCCC)cc1. The summed E-state index contributed by atoms with van der Waals surface area (Å²) in [4.78, 5) is 12.1. The second-order valence-corrected chi connectivity index (χ2v) is 7.15. The molecule has 2 atom stereocenters. The van der Waals surface area contributed by atoms with Crippen LogP contribution in [0.25, 0.3) is 0 Å². The molecule has 0 bridgehead atoms. The molecule has 3 nitrogen and oxygen atoms in total. The van der Waals surface area contributed by atoms with Crippen molar-refractivity contribution < 1.29 is 14.3 Å². The Labute approximate surface area is 153 Å². The Morgan fingerprint density at radius 2 is 1.72 bits per heavy atom. The van der Waals surface area contributed by atoms with Crippen LogP contribution in [0.15, 0.2) is 24.3 Å². The van der Waals surface area contributed by atoms with E-state index < -0.39 is 0 Å². The van der Waals surface area contributed by atoms with Crippen LogP contribution in [0.2, 0.25) is 0 Å². The standard InChI is InChI=1S/C22H34O3/c1-3-5-7-12-22(23)25-21-11-9-8-10-20(21)18-13-15-19(16-14-18)24-17-6-4-2/h13-16,20-21H,3-12,17H2,1-2H3/t20-,21+/m0/s1. The monoisotopic (exact) mass is 346 g/mol. The molecule has 1 saturated carbocycles. The number of rotatable bonds is 10. The highest BCUT2D eigenvalue weighted by atomic mass is 16.5. The Morgan fingerprint density at radius 3 is 2.44 bits per heavy atom. The van der Waals surface area contributed by atoms with Crippen LogP contribution in [0.4, 0.5) is 0 Å². The summed E-state index contributed by atoms with van der Waals surface area (Å²) in [6.45, 7) is 5.09. The zero-order chi connectivity index (χ0) is 17.9. The van der Waals surface area contributed by atoms with Gasteiger partial charge in [0.25, 0.3) is 0 Å². The van der Waals surface area contributed by atoms with Crippen LogP contribution in [-0.4, -0.2) is 18.7 Å². The lowest BCUT2D eigenvalue weighted by Gasteiger charge is -2.31. The normalized spacial score (nSPS) is 20.2. The average Bonchev–Trinajstić information content (AvgIpc) is 2.63. The topological polar surface area (TPSA) is 35.5 Å². The van der Waals surface area contributed by atoms with E-state index in [0.717, 1.165) is 63.7 Å². The fourth-order valence-electron chi connectivity index (χ4n) is 3.51. The number of ether oxygens (including phenoxy) is 2. The first-order valence-electron chi connectivity index (χ1n) is 10.2. The van der Waals surface area contributed by atoms with E-state index in [4.69, 9.17) is 9.47 Å². The molecule has 1 aromatic rings. The summed E-state index contributed by atoms with van der Waals surface area (Å²) in [5, 5.41) is 0. The summed E-state index contributed by atoms with van der Waals surface area (Å²) in [5.41, 5.74) is 1.27. The average molecular weight is 347 g/mol. The summed E-state index contributed by atoms with van der Waals surface area (Å²) in [6, 6.07) is 8.41. The number of carbonyl (C=O) groups excluding carboxylic acids is 1. The van der Waals surface area contributed by atoms with E-state index in [1.165, 1.54) is 12.0 Å². The molecule has 0 spiro atoms. The first kappa shape index (κ1) is 19.8. The largest absolute Gasteiger partial charge is 0.494 e. The highest BCUT2D eigenvalue weighted by Crippen LogP contribution is 2.36. The van der Waals surface area contributed by atoms with Gasteiger partial charge in [-0.25, -0.2) is 0 Å². The Morgan fingerprint density at radius 1 is 1.00 bits per heavy atom. The smallest absolute Gasteiger partial charge is 0.306 e. The number of esters is 1. The van der Waals surface area contributed by atoms with E-state index in [2.05, 4.69) is 38.1 Å². The third-order valence-electron chi connectivity index (χ3n) is 5.04. The van der Waals surface area contributed by atoms with Gasteiger partial charge < -0.3 is 9.47 Å². The number of hydrogen-bond donors (Lipinski definition) is 0. The Kier molecular flexibility index (Phi) is 8.85. The minimum atomic E-state index is -0.0233. The highest BCUT2D eigenvalue weighted by molar-refractivity contribution is 5.69. The minimum Gasteiger partial charge on any atom is -0.494 e. The molecule has 1 aliphatic rings. The molecule has 140 valence electrons. The molecule has 1 fully saturated rings. The van der Waals surface area contributed by atoms with Gasteiger partial charge in [-0.05, 0) is 49.8 Å². The lowest BCUT2D eigenvalue weighted by atomic mass is 9.81. The van der Waals surface area contributed by atoms with Crippen molar-refractivity contribution >= 4 is 5.97 Å². The van der Waals surface area contributed by atoms with Crippen LogP contribution in [0.5, 0.6) is 5.75 Å². The third kappa shape index (κ3) is 6.72. The molecule has 0 unspecified atom stereocenters.